The summed E-state index contributed by atoms with van der Waals surface area (Å²) in [7, 11) is -2.63. The van der Waals surface area contributed by atoms with E-state index in [-0.39, 0.29) is 16.5 Å². The van der Waals surface area contributed by atoms with E-state index in [2.05, 4.69) is 9.82 Å². The SMILES string of the molecule is Cn1cc(NS(=O)(=O)c2ccc(N3CCCC3=O)cc2)c(C(F)F)n1. The summed E-state index contributed by atoms with van der Waals surface area (Å²) in [5, 5.41) is 3.56. The van der Waals surface area contributed by atoms with Crippen LogP contribution in [0.5, 0.6) is 0 Å². The van der Waals surface area contributed by atoms with Gasteiger partial charge >= 0.3 is 0 Å². The lowest BCUT2D eigenvalue weighted by atomic mass is 10.3. The molecule has 1 aromatic heterocycles. The molecule has 1 aromatic carbocycles. The third-order valence-electron chi connectivity index (χ3n) is 3.84. The number of aromatic nitrogens is 2. The summed E-state index contributed by atoms with van der Waals surface area (Å²) in [5.74, 6) is -0.00864. The molecule has 2 heterocycles. The second-order valence-corrected chi connectivity index (χ2v) is 7.33. The van der Waals surface area contributed by atoms with Crippen LogP contribution in [0.1, 0.15) is 25.0 Å². The predicted molar refractivity (Wildman–Crippen MR) is 87.0 cm³/mol. The van der Waals surface area contributed by atoms with Gasteiger partial charge in [0, 0.05) is 31.9 Å². The van der Waals surface area contributed by atoms with Gasteiger partial charge in [-0.15, -0.1) is 0 Å². The van der Waals surface area contributed by atoms with Gasteiger partial charge in [0.25, 0.3) is 16.4 Å². The average molecular weight is 370 g/mol. The number of nitrogens with zero attached hydrogens (tertiary/aromatic N) is 3. The van der Waals surface area contributed by atoms with Crippen molar-refractivity contribution in [1.82, 2.24) is 9.78 Å². The maximum absolute atomic E-state index is 12.9. The van der Waals surface area contributed by atoms with Crippen molar-refractivity contribution in [2.24, 2.45) is 7.05 Å². The van der Waals surface area contributed by atoms with Crippen molar-refractivity contribution in [2.75, 3.05) is 16.2 Å². The van der Waals surface area contributed by atoms with Gasteiger partial charge in [-0.2, -0.15) is 5.10 Å². The number of carbonyl (C=O) groups excluding carboxylic acids is 1. The largest absolute Gasteiger partial charge is 0.312 e. The lowest BCUT2D eigenvalue weighted by Gasteiger charge is -2.16. The van der Waals surface area contributed by atoms with E-state index >= 15 is 0 Å². The first kappa shape index (κ1) is 17.3. The zero-order valence-electron chi connectivity index (χ0n) is 13.3. The number of halogens is 2. The van der Waals surface area contributed by atoms with Gasteiger partial charge in [0.05, 0.1) is 10.6 Å². The third kappa shape index (κ3) is 3.48. The fourth-order valence-electron chi connectivity index (χ4n) is 2.68. The smallest absolute Gasteiger partial charge is 0.284 e. The predicted octanol–water partition coefficient (Wildman–Crippen LogP) is 2.29. The van der Waals surface area contributed by atoms with Gasteiger partial charge in [0.2, 0.25) is 5.91 Å². The average Bonchev–Trinajstić information content (AvgIpc) is 3.13. The minimum absolute atomic E-state index is 0.00864. The number of benzene rings is 1. The van der Waals surface area contributed by atoms with Crippen LogP contribution in [0.15, 0.2) is 35.4 Å². The van der Waals surface area contributed by atoms with Crippen LogP contribution in [0.2, 0.25) is 0 Å². The molecule has 1 saturated heterocycles. The molecule has 1 fully saturated rings. The van der Waals surface area contributed by atoms with Crippen LogP contribution in [0.3, 0.4) is 0 Å². The maximum Gasteiger partial charge on any atom is 0.284 e. The number of amides is 1. The number of nitrogens with one attached hydrogen (secondary N) is 1. The van der Waals surface area contributed by atoms with Gasteiger partial charge in [-0.25, -0.2) is 17.2 Å². The highest BCUT2D eigenvalue weighted by atomic mass is 32.2. The number of carbonyl (C=O) groups is 1. The molecule has 1 amide bonds. The van der Waals surface area contributed by atoms with Gasteiger partial charge in [0.1, 0.15) is 0 Å². The topological polar surface area (TPSA) is 84.3 Å². The third-order valence-corrected chi connectivity index (χ3v) is 5.22. The number of sulfonamides is 1. The van der Waals surface area contributed by atoms with Crippen molar-refractivity contribution in [3.63, 3.8) is 0 Å². The first-order chi connectivity index (χ1) is 11.8. The van der Waals surface area contributed by atoms with E-state index < -0.39 is 22.1 Å². The van der Waals surface area contributed by atoms with Gasteiger partial charge < -0.3 is 4.90 Å². The molecule has 3 rings (SSSR count). The van der Waals surface area contributed by atoms with Gasteiger partial charge in [-0.1, -0.05) is 0 Å². The molecular formula is C15H16F2N4O3S. The van der Waals surface area contributed by atoms with Crippen molar-refractivity contribution in [1.29, 1.82) is 0 Å². The van der Waals surface area contributed by atoms with E-state index in [0.29, 0.717) is 18.7 Å². The Hall–Kier alpha value is -2.49. The molecular weight excluding hydrogens is 354 g/mol. The van der Waals surface area contributed by atoms with Crippen molar-refractivity contribution < 1.29 is 22.0 Å². The Balaban J connectivity index is 1.84. The maximum atomic E-state index is 12.9. The Kier molecular flexibility index (Phi) is 4.46. The first-order valence-corrected chi connectivity index (χ1v) is 9.01. The second kappa shape index (κ2) is 6.43. The fraction of sp³-hybridized carbons (Fsp3) is 0.333. The van der Waals surface area contributed by atoms with Gasteiger partial charge in [-0.3, -0.25) is 14.2 Å². The minimum Gasteiger partial charge on any atom is -0.312 e. The first-order valence-electron chi connectivity index (χ1n) is 7.53. The summed E-state index contributed by atoms with van der Waals surface area (Å²) >= 11 is 0. The standard InChI is InChI=1S/C15H16F2N4O3S/c1-20-9-12(14(18-20)15(16)17)19-25(23,24)11-6-4-10(5-7-11)21-8-2-3-13(21)22/h4-7,9,15,19H,2-3,8H2,1H3. The number of anilines is 2. The Morgan fingerprint density at radius 3 is 2.48 bits per heavy atom. The normalized spacial score (nSPS) is 15.2. The number of rotatable bonds is 5. The van der Waals surface area contributed by atoms with Crippen LogP contribution in [0, 0.1) is 0 Å². The molecule has 0 aliphatic carbocycles. The van der Waals surface area contributed by atoms with Crippen LogP contribution in [-0.2, 0) is 21.9 Å². The molecule has 7 nitrogen and oxygen atoms in total. The summed E-state index contributed by atoms with van der Waals surface area (Å²) in [6.07, 6.45) is -0.491. The lowest BCUT2D eigenvalue weighted by molar-refractivity contribution is -0.117. The fourth-order valence-corrected chi connectivity index (χ4v) is 3.73. The summed E-state index contributed by atoms with van der Waals surface area (Å²) in [4.78, 5) is 13.2. The monoisotopic (exact) mass is 370 g/mol. The van der Waals surface area contributed by atoms with Crippen LogP contribution in [0.4, 0.5) is 20.2 Å². The van der Waals surface area contributed by atoms with Crippen molar-refractivity contribution in [3.05, 3.63) is 36.2 Å². The molecule has 0 radical (unpaired) electrons. The lowest BCUT2D eigenvalue weighted by Crippen LogP contribution is -2.23. The molecule has 1 aliphatic heterocycles. The molecule has 1 aliphatic rings. The van der Waals surface area contributed by atoms with Crippen molar-refractivity contribution >= 4 is 27.3 Å². The number of alkyl halides is 2. The molecule has 0 atom stereocenters. The zero-order chi connectivity index (χ0) is 18.2. The highest BCUT2D eigenvalue weighted by Gasteiger charge is 2.24. The van der Waals surface area contributed by atoms with E-state index in [0.717, 1.165) is 11.1 Å². The molecule has 0 unspecified atom stereocenters. The van der Waals surface area contributed by atoms with Crippen LogP contribution in [0.25, 0.3) is 0 Å². The van der Waals surface area contributed by atoms with Crippen LogP contribution < -0.4 is 9.62 Å². The van der Waals surface area contributed by atoms with Gasteiger partial charge in [-0.05, 0) is 30.7 Å². The Labute approximate surface area is 143 Å². The molecule has 10 heteroatoms. The number of hydrogen-bond donors (Lipinski definition) is 1. The second-order valence-electron chi connectivity index (χ2n) is 5.65. The summed E-state index contributed by atoms with van der Waals surface area (Å²) in [6, 6.07) is 5.72. The van der Waals surface area contributed by atoms with Crippen molar-refractivity contribution in [2.45, 2.75) is 24.2 Å². The highest BCUT2D eigenvalue weighted by Crippen LogP contribution is 2.28. The summed E-state index contributed by atoms with van der Waals surface area (Å²) in [5.41, 5.74) is -0.294. The van der Waals surface area contributed by atoms with Crippen LogP contribution in [-0.4, -0.2) is 30.7 Å². The van der Waals surface area contributed by atoms with E-state index in [9.17, 15) is 22.0 Å². The number of hydrogen-bond acceptors (Lipinski definition) is 4. The Morgan fingerprint density at radius 2 is 1.92 bits per heavy atom. The van der Waals surface area contributed by atoms with E-state index in [1.54, 1.807) is 4.90 Å². The molecule has 134 valence electrons. The zero-order valence-corrected chi connectivity index (χ0v) is 14.1. The summed E-state index contributed by atoms with van der Waals surface area (Å²) < 4.78 is 53.9. The van der Waals surface area contributed by atoms with Gasteiger partial charge in [0.15, 0.2) is 5.69 Å². The minimum atomic E-state index is -4.05. The van der Waals surface area contributed by atoms with E-state index in [4.69, 9.17) is 0 Å². The molecule has 1 N–H and O–H groups in total. The Morgan fingerprint density at radius 1 is 1.24 bits per heavy atom. The quantitative estimate of drug-likeness (QED) is 0.875. The molecule has 2 aromatic rings. The Bertz CT molecular complexity index is 894. The highest BCUT2D eigenvalue weighted by molar-refractivity contribution is 7.92. The molecule has 25 heavy (non-hydrogen) atoms. The molecule has 0 saturated carbocycles. The van der Waals surface area contributed by atoms with E-state index in [1.807, 2.05) is 0 Å². The molecule has 0 spiro atoms. The van der Waals surface area contributed by atoms with Crippen molar-refractivity contribution in [3.8, 4) is 0 Å². The number of aryl methyl sites for hydroxylation is 1. The summed E-state index contributed by atoms with van der Waals surface area (Å²) in [6.45, 7) is 0.594. The van der Waals surface area contributed by atoms with Crippen LogP contribution >= 0.6 is 0 Å². The van der Waals surface area contributed by atoms with E-state index in [1.165, 1.54) is 37.5 Å². The molecule has 0 bridgehead atoms.